The average Bonchev–Trinajstić information content (AvgIpc) is 3.09. The van der Waals surface area contributed by atoms with Crippen LogP contribution < -0.4 is 0 Å². The third kappa shape index (κ3) is 2.98. The van der Waals surface area contributed by atoms with E-state index in [-0.39, 0.29) is 5.71 Å². The molecule has 0 spiro atoms. The molecule has 1 aliphatic rings. The first-order valence-corrected chi connectivity index (χ1v) is 8.14. The van der Waals surface area contributed by atoms with Gasteiger partial charge in [0.25, 0.3) is 0 Å². The second-order valence-electron chi connectivity index (χ2n) is 5.53. The van der Waals surface area contributed by atoms with Gasteiger partial charge in [0.2, 0.25) is 0 Å². The van der Waals surface area contributed by atoms with Gasteiger partial charge in [-0.2, -0.15) is 0 Å². The predicted molar refractivity (Wildman–Crippen MR) is 95.0 cm³/mol. The number of benzene rings is 2. The Kier molecular flexibility index (Phi) is 5.06. The van der Waals surface area contributed by atoms with Crippen molar-refractivity contribution in [2.45, 2.75) is 11.8 Å². The number of esters is 2. The first kappa shape index (κ1) is 18.1. The maximum atomic E-state index is 12.6. The van der Waals surface area contributed by atoms with Crippen LogP contribution in [0.15, 0.2) is 59.6 Å². The maximum Gasteiger partial charge on any atom is 0.356 e. The van der Waals surface area contributed by atoms with E-state index < -0.39 is 23.8 Å². The zero-order valence-electron chi connectivity index (χ0n) is 14.1. The van der Waals surface area contributed by atoms with Gasteiger partial charge in [0.15, 0.2) is 6.23 Å². The van der Waals surface area contributed by atoms with Crippen molar-refractivity contribution in [1.29, 1.82) is 0 Å². The van der Waals surface area contributed by atoms with E-state index in [2.05, 4.69) is 4.99 Å². The van der Waals surface area contributed by atoms with Crippen LogP contribution in [0.3, 0.4) is 0 Å². The van der Waals surface area contributed by atoms with Gasteiger partial charge in [-0.1, -0.05) is 54.1 Å². The number of hydrogen-bond donors (Lipinski definition) is 0. The Morgan fingerprint density at radius 2 is 1.58 bits per heavy atom. The van der Waals surface area contributed by atoms with Crippen LogP contribution in [0.25, 0.3) is 0 Å². The van der Waals surface area contributed by atoms with E-state index in [0.717, 1.165) is 0 Å². The summed E-state index contributed by atoms with van der Waals surface area (Å²) in [4.78, 5) is 29.7. The van der Waals surface area contributed by atoms with Crippen molar-refractivity contribution in [1.82, 2.24) is 0 Å². The van der Waals surface area contributed by atoms with Gasteiger partial charge in [0.1, 0.15) is 5.71 Å². The molecular formula is C19H16ClNO5. The number of carbonyl (C=O) groups is 2. The van der Waals surface area contributed by atoms with E-state index in [1.165, 1.54) is 14.2 Å². The number of methoxy groups -OCH3 is 2. The topological polar surface area (TPSA) is 74.2 Å². The third-order valence-electron chi connectivity index (χ3n) is 4.02. The molecule has 134 valence electrons. The molecular weight excluding hydrogens is 358 g/mol. The number of hydrogen-bond acceptors (Lipinski definition) is 6. The lowest BCUT2D eigenvalue weighted by Gasteiger charge is -2.25. The van der Waals surface area contributed by atoms with Gasteiger partial charge in [-0.05, 0) is 17.7 Å². The van der Waals surface area contributed by atoms with E-state index in [0.29, 0.717) is 16.1 Å². The molecule has 7 heteroatoms. The van der Waals surface area contributed by atoms with E-state index >= 15 is 0 Å². The highest BCUT2D eigenvalue weighted by Crippen LogP contribution is 2.38. The summed E-state index contributed by atoms with van der Waals surface area (Å²) in [6, 6.07) is 15.6. The van der Waals surface area contributed by atoms with Crippen molar-refractivity contribution >= 4 is 29.3 Å². The quantitative estimate of drug-likeness (QED) is 0.608. The van der Waals surface area contributed by atoms with Gasteiger partial charge < -0.3 is 14.2 Å². The number of ether oxygens (including phenoxy) is 3. The standard InChI is InChI=1S/C19H16ClNO5/c1-24-17(22)19(18(23)25-2)15(12-6-4-3-5-7-12)21-16(26-19)13-8-10-14(20)11-9-13/h3-11,16H,1-2H3. The van der Waals surface area contributed by atoms with Crippen LogP contribution in [0.2, 0.25) is 5.02 Å². The normalized spacial score (nSPS) is 18.1. The fraction of sp³-hybridized carbons (Fsp3) is 0.211. The lowest BCUT2D eigenvalue weighted by atomic mass is 9.92. The first-order valence-electron chi connectivity index (χ1n) is 7.76. The molecule has 0 fully saturated rings. The highest BCUT2D eigenvalue weighted by molar-refractivity contribution is 6.32. The Morgan fingerprint density at radius 1 is 1.00 bits per heavy atom. The molecule has 0 aromatic heterocycles. The van der Waals surface area contributed by atoms with Crippen LogP contribution in [0.4, 0.5) is 0 Å². The number of nitrogens with zero attached hydrogens (tertiary/aromatic N) is 1. The summed E-state index contributed by atoms with van der Waals surface area (Å²) in [5.74, 6) is -1.80. The minimum absolute atomic E-state index is 0.136. The molecule has 2 aromatic carbocycles. The minimum Gasteiger partial charge on any atom is -0.466 e. The summed E-state index contributed by atoms with van der Waals surface area (Å²) < 4.78 is 15.5. The molecule has 0 saturated heterocycles. The van der Waals surface area contributed by atoms with Crippen molar-refractivity contribution in [2.75, 3.05) is 14.2 Å². The van der Waals surface area contributed by atoms with Gasteiger partial charge in [-0.3, -0.25) is 0 Å². The van der Waals surface area contributed by atoms with Crippen molar-refractivity contribution in [2.24, 2.45) is 4.99 Å². The largest absolute Gasteiger partial charge is 0.466 e. The highest BCUT2D eigenvalue weighted by atomic mass is 35.5. The summed E-state index contributed by atoms with van der Waals surface area (Å²) >= 11 is 5.92. The van der Waals surface area contributed by atoms with Gasteiger partial charge in [0, 0.05) is 10.6 Å². The average molecular weight is 374 g/mol. The number of aliphatic imine (C=N–C) groups is 1. The summed E-state index contributed by atoms with van der Waals surface area (Å²) in [6.07, 6.45) is -0.888. The molecule has 1 atom stereocenters. The Bertz CT molecular complexity index is 832. The fourth-order valence-corrected chi connectivity index (χ4v) is 2.89. The number of carbonyl (C=O) groups excluding carboxylic acids is 2. The fourth-order valence-electron chi connectivity index (χ4n) is 2.76. The van der Waals surface area contributed by atoms with Crippen LogP contribution in [0, 0.1) is 0 Å². The van der Waals surface area contributed by atoms with Crippen molar-refractivity contribution in [3.8, 4) is 0 Å². The maximum absolute atomic E-state index is 12.6. The van der Waals surface area contributed by atoms with Gasteiger partial charge >= 0.3 is 17.5 Å². The summed E-state index contributed by atoms with van der Waals surface area (Å²) in [5.41, 5.74) is -0.774. The van der Waals surface area contributed by atoms with Crippen molar-refractivity contribution in [3.63, 3.8) is 0 Å². The van der Waals surface area contributed by atoms with Gasteiger partial charge in [-0.15, -0.1) is 0 Å². The zero-order chi connectivity index (χ0) is 18.7. The van der Waals surface area contributed by atoms with Crippen LogP contribution in [0.1, 0.15) is 17.4 Å². The Labute approximate surface area is 155 Å². The van der Waals surface area contributed by atoms with E-state index in [1.54, 1.807) is 48.5 Å². The summed E-state index contributed by atoms with van der Waals surface area (Å²) in [7, 11) is 2.35. The number of rotatable bonds is 4. The first-order chi connectivity index (χ1) is 12.5. The Hall–Kier alpha value is -2.70. The van der Waals surface area contributed by atoms with Crippen LogP contribution in [-0.4, -0.2) is 37.5 Å². The number of halogens is 1. The predicted octanol–water partition coefficient (Wildman–Crippen LogP) is 2.94. The second kappa shape index (κ2) is 7.27. The molecule has 3 rings (SSSR count). The Balaban J connectivity index is 2.16. The smallest absolute Gasteiger partial charge is 0.356 e. The molecule has 1 heterocycles. The molecule has 2 aromatic rings. The SMILES string of the molecule is COC(=O)C1(C(=O)OC)OC(c2ccc(Cl)cc2)N=C1c1ccccc1. The Morgan fingerprint density at radius 3 is 2.12 bits per heavy atom. The molecule has 0 amide bonds. The summed E-state index contributed by atoms with van der Waals surface area (Å²) in [5, 5.41) is 0.547. The van der Waals surface area contributed by atoms with E-state index in [1.807, 2.05) is 6.07 Å². The lowest BCUT2D eigenvalue weighted by molar-refractivity contribution is -0.180. The van der Waals surface area contributed by atoms with Gasteiger partial charge in [0.05, 0.1) is 14.2 Å². The van der Waals surface area contributed by atoms with Crippen LogP contribution >= 0.6 is 11.6 Å². The molecule has 0 aliphatic carbocycles. The zero-order valence-corrected chi connectivity index (χ0v) is 14.9. The van der Waals surface area contributed by atoms with E-state index in [9.17, 15) is 9.59 Å². The lowest BCUT2D eigenvalue weighted by Crippen LogP contribution is -2.54. The highest BCUT2D eigenvalue weighted by Gasteiger charge is 2.60. The molecule has 1 aliphatic heterocycles. The molecule has 0 N–H and O–H groups in total. The molecule has 0 radical (unpaired) electrons. The second-order valence-corrected chi connectivity index (χ2v) is 5.97. The van der Waals surface area contributed by atoms with Crippen molar-refractivity contribution < 1.29 is 23.8 Å². The summed E-state index contributed by atoms with van der Waals surface area (Å²) in [6.45, 7) is 0. The van der Waals surface area contributed by atoms with Gasteiger partial charge in [-0.25, -0.2) is 14.6 Å². The molecule has 0 saturated carbocycles. The third-order valence-corrected chi connectivity index (χ3v) is 4.27. The van der Waals surface area contributed by atoms with Crippen LogP contribution in [0.5, 0.6) is 0 Å². The van der Waals surface area contributed by atoms with Crippen molar-refractivity contribution in [3.05, 3.63) is 70.7 Å². The monoisotopic (exact) mass is 373 g/mol. The molecule has 26 heavy (non-hydrogen) atoms. The molecule has 0 bridgehead atoms. The molecule has 6 nitrogen and oxygen atoms in total. The molecule has 1 unspecified atom stereocenters. The van der Waals surface area contributed by atoms with Crippen LogP contribution in [-0.2, 0) is 23.8 Å². The minimum atomic E-state index is -2.10. The van der Waals surface area contributed by atoms with E-state index in [4.69, 9.17) is 25.8 Å².